The highest BCUT2D eigenvalue weighted by atomic mass is 32.2. The molecule has 3 N–H and O–H groups in total. The van der Waals surface area contributed by atoms with Crippen LogP contribution >= 0.6 is 11.8 Å². The minimum Gasteiger partial charge on any atom is -0.493 e. The molecule has 8 nitrogen and oxygen atoms in total. The summed E-state index contributed by atoms with van der Waals surface area (Å²) >= 11 is 0.975. The normalized spacial score (nSPS) is 10.1. The summed E-state index contributed by atoms with van der Waals surface area (Å²) in [5.74, 6) is -1.20. The number of H-pyrrole nitrogens is 1. The minimum absolute atomic E-state index is 0.00878. The number of aromatic amines is 1. The molecule has 0 aliphatic rings. The summed E-state index contributed by atoms with van der Waals surface area (Å²) in [7, 11) is 1.29. The molecule has 0 saturated heterocycles. The number of benzene rings is 1. The topological polar surface area (TPSA) is 121 Å². The quantitative estimate of drug-likeness (QED) is 0.423. The molecule has 23 heavy (non-hydrogen) atoms. The number of carbonyl (C=O) groups is 2. The highest BCUT2D eigenvalue weighted by molar-refractivity contribution is 7.99. The fraction of sp³-hybridized carbons (Fsp3) is 0.143. The second-order valence-corrected chi connectivity index (χ2v) is 5.28. The van der Waals surface area contributed by atoms with E-state index in [2.05, 4.69) is 20.0 Å². The molecule has 0 bridgehead atoms. The second kappa shape index (κ2) is 7.45. The van der Waals surface area contributed by atoms with Crippen molar-refractivity contribution in [2.75, 3.05) is 18.2 Å². The van der Waals surface area contributed by atoms with E-state index >= 15 is 0 Å². The Hall–Kier alpha value is -2.81. The number of carbonyl (C=O) groups excluding carboxylic acids is 2. The molecule has 0 spiro atoms. The number of thioether (sulfide) groups is 1. The molecule has 0 atom stereocenters. The molecule has 0 saturated carbocycles. The van der Waals surface area contributed by atoms with Crippen molar-refractivity contribution in [3.8, 4) is 5.88 Å². The summed E-state index contributed by atoms with van der Waals surface area (Å²) in [6.45, 7) is 0. The molecule has 0 aliphatic carbocycles. The van der Waals surface area contributed by atoms with Crippen LogP contribution in [0.15, 0.2) is 40.3 Å². The number of amides is 1. The Morgan fingerprint density at radius 2 is 2.04 bits per heavy atom. The first-order valence-corrected chi connectivity index (χ1v) is 7.38. The highest BCUT2D eigenvalue weighted by Gasteiger charge is 2.08. The summed E-state index contributed by atoms with van der Waals surface area (Å²) in [5.41, 5.74) is 0.390. The van der Waals surface area contributed by atoms with Gasteiger partial charge in [0.15, 0.2) is 5.16 Å². The third kappa shape index (κ3) is 4.85. The van der Waals surface area contributed by atoms with Gasteiger partial charge in [0.2, 0.25) is 11.8 Å². The zero-order valence-corrected chi connectivity index (χ0v) is 12.8. The van der Waals surface area contributed by atoms with Crippen molar-refractivity contribution in [1.29, 1.82) is 0 Å². The van der Waals surface area contributed by atoms with Gasteiger partial charge < -0.3 is 20.1 Å². The predicted molar refractivity (Wildman–Crippen MR) is 83.7 cm³/mol. The number of anilines is 1. The number of ether oxygens (including phenoxy) is 1. The van der Waals surface area contributed by atoms with E-state index in [0.29, 0.717) is 11.3 Å². The van der Waals surface area contributed by atoms with E-state index in [1.165, 1.54) is 19.2 Å². The molecular weight excluding hydrogens is 322 g/mol. The van der Waals surface area contributed by atoms with Crippen LogP contribution < -0.4 is 10.9 Å². The van der Waals surface area contributed by atoms with Crippen LogP contribution in [0.25, 0.3) is 0 Å². The maximum absolute atomic E-state index is 11.8. The summed E-state index contributed by atoms with van der Waals surface area (Å²) in [4.78, 5) is 40.4. The predicted octanol–water partition coefficient (Wildman–Crippen LogP) is 0.993. The van der Waals surface area contributed by atoms with Crippen LogP contribution in [0, 0.1) is 0 Å². The van der Waals surface area contributed by atoms with Gasteiger partial charge in [-0.2, -0.15) is 4.98 Å². The van der Waals surface area contributed by atoms with Crippen molar-refractivity contribution in [2.24, 2.45) is 0 Å². The average Bonchev–Trinajstić information content (AvgIpc) is 2.52. The molecule has 1 aromatic heterocycles. The van der Waals surface area contributed by atoms with Crippen molar-refractivity contribution in [2.45, 2.75) is 5.16 Å². The average molecular weight is 335 g/mol. The summed E-state index contributed by atoms with van der Waals surface area (Å²) < 4.78 is 4.58. The molecule has 9 heteroatoms. The Labute approximate surface area is 134 Å². The molecule has 2 rings (SSSR count). The van der Waals surface area contributed by atoms with Crippen LogP contribution in [0.3, 0.4) is 0 Å². The van der Waals surface area contributed by atoms with Gasteiger partial charge in [-0.25, -0.2) is 4.79 Å². The molecule has 120 valence electrons. The Balaban J connectivity index is 1.91. The maximum atomic E-state index is 11.8. The fourth-order valence-corrected chi connectivity index (χ4v) is 2.30. The van der Waals surface area contributed by atoms with E-state index < -0.39 is 17.4 Å². The first kappa shape index (κ1) is 16.6. The first-order valence-electron chi connectivity index (χ1n) is 6.39. The van der Waals surface area contributed by atoms with E-state index in [-0.39, 0.29) is 16.8 Å². The lowest BCUT2D eigenvalue weighted by Crippen LogP contribution is -2.15. The van der Waals surface area contributed by atoms with Gasteiger partial charge in [0.05, 0.1) is 24.5 Å². The second-order valence-electron chi connectivity index (χ2n) is 4.31. The summed E-state index contributed by atoms with van der Waals surface area (Å²) in [6.07, 6.45) is 0. The van der Waals surface area contributed by atoms with Crippen molar-refractivity contribution < 1.29 is 19.4 Å². The van der Waals surface area contributed by atoms with E-state index in [0.717, 1.165) is 17.8 Å². The van der Waals surface area contributed by atoms with Crippen molar-refractivity contribution >= 4 is 29.3 Å². The largest absolute Gasteiger partial charge is 0.493 e. The Morgan fingerprint density at radius 1 is 1.35 bits per heavy atom. The lowest BCUT2D eigenvalue weighted by Gasteiger charge is -2.06. The van der Waals surface area contributed by atoms with Gasteiger partial charge >= 0.3 is 5.97 Å². The SMILES string of the molecule is COC(=O)c1ccc(NC(=O)CSc2nc(O)cc(=O)[nH]2)cc1. The van der Waals surface area contributed by atoms with Crippen molar-refractivity contribution in [3.05, 3.63) is 46.2 Å². The molecule has 0 fully saturated rings. The Bertz CT molecular complexity index is 773. The molecular formula is C14H13N3O5S. The third-order valence-corrected chi connectivity index (χ3v) is 3.51. The van der Waals surface area contributed by atoms with E-state index in [9.17, 15) is 19.5 Å². The number of rotatable bonds is 5. The van der Waals surface area contributed by atoms with Gasteiger partial charge in [0, 0.05) is 5.69 Å². The zero-order chi connectivity index (χ0) is 16.8. The van der Waals surface area contributed by atoms with Crippen LogP contribution in [0.2, 0.25) is 0 Å². The number of hydrogen-bond acceptors (Lipinski definition) is 7. The van der Waals surface area contributed by atoms with Crippen LogP contribution in [0.5, 0.6) is 5.88 Å². The Kier molecular flexibility index (Phi) is 5.36. The number of aromatic hydroxyl groups is 1. The van der Waals surface area contributed by atoms with Gasteiger partial charge in [0.25, 0.3) is 5.56 Å². The summed E-state index contributed by atoms with van der Waals surface area (Å²) in [5, 5.41) is 12.0. The summed E-state index contributed by atoms with van der Waals surface area (Å²) in [6, 6.07) is 7.14. The van der Waals surface area contributed by atoms with Gasteiger partial charge in [0.1, 0.15) is 0 Å². The van der Waals surface area contributed by atoms with Crippen LogP contribution in [0.4, 0.5) is 5.69 Å². The van der Waals surface area contributed by atoms with Crippen molar-refractivity contribution in [1.82, 2.24) is 9.97 Å². The van der Waals surface area contributed by atoms with E-state index in [1.807, 2.05) is 0 Å². The van der Waals surface area contributed by atoms with Crippen LogP contribution in [-0.2, 0) is 9.53 Å². The Morgan fingerprint density at radius 3 is 2.65 bits per heavy atom. The first-order chi connectivity index (χ1) is 11.0. The van der Waals surface area contributed by atoms with Gasteiger partial charge in [-0.1, -0.05) is 11.8 Å². The van der Waals surface area contributed by atoms with Crippen LogP contribution in [-0.4, -0.2) is 39.8 Å². The van der Waals surface area contributed by atoms with Crippen LogP contribution in [0.1, 0.15) is 10.4 Å². The van der Waals surface area contributed by atoms with Gasteiger partial charge in [-0.15, -0.1) is 0 Å². The number of aromatic nitrogens is 2. The standard InChI is InChI=1S/C14H13N3O5S/c1-22-13(21)8-2-4-9(5-3-8)15-12(20)7-23-14-16-10(18)6-11(19)17-14/h2-6H,7H2,1H3,(H,15,20)(H2,16,17,18,19). The molecule has 0 aliphatic heterocycles. The maximum Gasteiger partial charge on any atom is 0.337 e. The molecule has 0 radical (unpaired) electrons. The highest BCUT2D eigenvalue weighted by Crippen LogP contribution is 2.15. The third-order valence-electron chi connectivity index (χ3n) is 2.64. The van der Waals surface area contributed by atoms with E-state index in [4.69, 9.17) is 0 Å². The fourth-order valence-electron chi connectivity index (χ4n) is 1.63. The zero-order valence-electron chi connectivity index (χ0n) is 12.0. The number of nitrogens with zero attached hydrogens (tertiary/aromatic N) is 1. The lowest BCUT2D eigenvalue weighted by molar-refractivity contribution is -0.113. The minimum atomic E-state index is -0.501. The van der Waals surface area contributed by atoms with Gasteiger partial charge in [-0.05, 0) is 24.3 Å². The number of hydrogen-bond donors (Lipinski definition) is 3. The molecule has 0 unspecified atom stereocenters. The lowest BCUT2D eigenvalue weighted by atomic mass is 10.2. The molecule has 2 aromatic rings. The number of methoxy groups -OCH3 is 1. The smallest absolute Gasteiger partial charge is 0.337 e. The molecule has 1 aromatic carbocycles. The molecule has 1 amide bonds. The number of nitrogens with one attached hydrogen (secondary N) is 2. The monoisotopic (exact) mass is 335 g/mol. The number of esters is 1. The van der Waals surface area contributed by atoms with E-state index in [1.54, 1.807) is 12.1 Å². The van der Waals surface area contributed by atoms with Crippen molar-refractivity contribution in [3.63, 3.8) is 0 Å². The molecule has 1 heterocycles. The van der Waals surface area contributed by atoms with Gasteiger partial charge in [-0.3, -0.25) is 9.59 Å².